The van der Waals surface area contributed by atoms with E-state index in [1.54, 1.807) is 0 Å². The van der Waals surface area contributed by atoms with Gasteiger partial charge in [-0.25, -0.2) is 0 Å². The van der Waals surface area contributed by atoms with Gasteiger partial charge in [0, 0.05) is 0 Å². The summed E-state index contributed by atoms with van der Waals surface area (Å²) in [5, 5.41) is 0. The molecule has 0 bridgehead atoms. The zero-order chi connectivity index (χ0) is 10.6. The fourth-order valence-electron chi connectivity index (χ4n) is 1.26. The van der Waals surface area contributed by atoms with Crippen LogP contribution in [0.4, 0.5) is 0 Å². The molecule has 0 N–H and O–H groups in total. The van der Waals surface area contributed by atoms with Crippen LogP contribution in [0.15, 0.2) is 29.8 Å². The lowest BCUT2D eigenvalue weighted by Gasteiger charge is -2.06. The van der Waals surface area contributed by atoms with Gasteiger partial charge in [-0.1, -0.05) is 17.7 Å². The fraction of sp³-hybridized carbons (Fsp3) is 0.385. The second-order valence-corrected chi connectivity index (χ2v) is 3.58. The molecule has 0 spiro atoms. The number of rotatable bonds is 3. The van der Waals surface area contributed by atoms with E-state index < -0.39 is 0 Å². The molecule has 0 saturated heterocycles. The summed E-state index contributed by atoms with van der Waals surface area (Å²) in [6, 6.07) is 8.25. The number of allylic oxidation sites excluding steroid dienone is 2. The first-order valence-electron chi connectivity index (χ1n) is 5.02. The third-order valence-electron chi connectivity index (χ3n) is 2.35. The van der Waals surface area contributed by atoms with E-state index >= 15 is 0 Å². The molecule has 1 heteroatoms. The number of ether oxygens (including phenoxy) is 1. The molecule has 0 aliphatic heterocycles. The van der Waals surface area contributed by atoms with Crippen LogP contribution >= 0.6 is 0 Å². The predicted molar refractivity (Wildman–Crippen MR) is 61.6 cm³/mol. The summed E-state index contributed by atoms with van der Waals surface area (Å²) in [5.74, 6) is 0.942. The second-order valence-electron chi connectivity index (χ2n) is 3.58. The van der Waals surface area contributed by atoms with Gasteiger partial charge in [0.25, 0.3) is 0 Å². The van der Waals surface area contributed by atoms with Crippen molar-refractivity contribution in [3.8, 4) is 5.75 Å². The van der Waals surface area contributed by atoms with Crippen molar-refractivity contribution in [1.29, 1.82) is 0 Å². The van der Waals surface area contributed by atoms with Crippen LogP contribution in [0.5, 0.6) is 5.75 Å². The SMILES string of the molecule is CCOc1ccc(C(C)=C(C)C)cc1. The first-order valence-corrected chi connectivity index (χ1v) is 5.02. The molecule has 0 radical (unpaired) electrons. The molecule has 0 unspecified atom stereocenters. The largest absolute Gasteiger partial charge is 0.494 e. The van der Waals surface area contributed by atoms with Crippen molar-refractivity contribution in [3.05, 3.63) is 35.4 Å². The molecule has 0 aliphatic rings. The van der Waals surface area contributed by atoms with Crippen LogP contribution in [0.3, 0.4) is 0 Å². The highest BCUT2D eigenvalue weighted by Gasteiger charge is 1.97. The van der Waals surface area contributed by atoms with Crippen LogP contribution in [-0.2, 0) is 0 Å². The van der Waals surface area contributed by atoms with E-state index in [2.05, 4.69) is 32.9 Å². The van der Waals surface area contributed by atoms with Gasteiger partial charge in [-0.05, 0) is 51.0 Å². The lowest BCUT2D eigenvalue weighted by atomic mass is 10.0. The normalized spacial score (nSPS) is 9.71. The Morgan fingerprint density at radius 3 is 2.07 bits per heavy atom. The van der Waals surface area contributed by atoms with Gasteiger partial charge < -0.3 is 4.74 Å². The monoisotopic (exact) mass is 190 g/mol. The smallest absolute Gasteiger partial charge is 0.119 e. The summed E-state index contributed by atoms with van der Waals surface area (Å²) in [5.41, 5.74) is 3.97. The Kier molecular flexibility index (Phi) is 3.75. The molecule has 1 aromatic rings. The predicted octanol–water partition coefficient (Wildman–Crippen LogP) is 3.90. The van der Waals surface area contributed by atoms with E-state index in [9.17, 15) is 0 Å². The van der Waals surface area contributed by atoms with Crippen LogP contribution in [0.2, 0.25) is 0 Å². The lowest BCUT2D eigenvalue weighted by molar-refractivity contribution is 0.340. The first-order chi connectivity index (χ1) is 6.65. The zero-order valence-electron chi connectivity index (χ0n) is 9.42. The molecular weight excluding hydrogens is 172 g/mol. The minimum atomic E-state index is 0.723. The van der Waals surface area contributed by atoms with Gasteiger partial charge in [0.2, 0.25) is 0 Å². The van der Waals surface area contributed by atoms with Crippen LogP contribution in [0, 0.1) is 0 Å². The van der Waals surface area contributed by atoms with Crippen molar-refractivity contribution >= 4 is 5.57 Å². The zero-order valence-corrected chi connectivity index (χ0v) is 9.42. The summed E-state index contributed by atoms with van der Waals surface area (Å²) in [4.78, 5) is 0. The van der Waals surface area contributed by atoms with E-state index in [1.165, 1.54) is 16.7 Å². The van der Waals surface area contributed by atoms with E-state index in [0.717, 1.165) is 12.4 Å². The molecule has 1 aromatic carbocycles. The second kappa shape index (κ2) is 4.85. The molecule has 0 aliphatic carbocycles. The van der Waals surface area contributed by atoms with Crippen molar-refractivity contribution in [1.82, 2.24) is 0 Å². The molecule has 14 heavy (non-hydrogen) atoms. The van der Waals surface area contributed by atoms with Crippen molar-refractivity contribution in [2.45, 2.75) is 27.7 Å². The molecule has 1 nitrogen and oxygen atoms in total. The number of benzene rings is 1. The maximum absolute atomic E-state index is 5.38. The lowest BCUT2D eigenvalue weighted by Crippen LogP contribution is -1.91. The number of hydrogen-bond acceptors (Lipinski definition) is 1. The van der Waals surface area contributed by atoms with E-state index in [4.69, 9.17) is 4.74 Å². The summed E-state index contributed by atoms with van der Waals surface area (Å²) in [7, 11) is 0. The molecule has 1 rings (SSSR count). The van der Waals surface area contributed by atoms with Crippen molar-refractivity contribution in [2.24, 2.45) is 0 Å². The summed E-state index contributed by atoms with van der Waals surface area (Å²) in [6.45, 7) is 9.12. The van der Waals surface area contributed by atoms with E-state index in [1.807, 2.05) is 19.1 Å². The minimum Gasteiger partial charge on any atom is -0.494 e. The third kappa shape index (κ3) is 2.63. The highest BCUT2D eigenvalue weighted by Crippen LogP contribution is 2.20. The summed E-state index contributed by atoms with van der Waals surface area (Å²) < 4.78 is 5.38. The third-order valence-corrected chi connectivity index (χ3v) is 2.35. The molecule has 0 heterocycles. The highest BCUT2D eigenvalue weighted by molar-refractivity contribution is 5.66. The van der Waals surface area contributed by atoms with E-state index in [-0.39, 0.29) is 0 Å². The van der Waals surface area contributed by atoms with Crippen LogP contribution in [-0.4, -0.2) is 6.61 Å². The van der Waals surface area contributed by atoms with E-state index in [0.29, 0.717) is 0 Å². The maximum Gasteiger partial charge on any atom is 0.119 e. The Hall–Kier alpha value is -1.24. The Balaban J connectivity index is 2.89. The van der Waals surface area contributed by atoms with Gasteiger partial charge in [-0.2, -0.15) is 0 Å². The fourth-order valence-corrected chi connectivity index (χ4v) is 1.26. The number of hydrogen-bond donors (Lipinski definition) is 0. The van der Waals surface area contributed by atoms with Crippen LogP contribution in [0.1, 0.15) is 33.3 Å². The van der Waals surface area contributed by atoms with Gasteiger partial charge in [-0.3, -0.25) is 0 Å². The Morgan fingerprint density at radius 1 is 1.07 bits per heavy atom. The molecule has 76 valence electrons. The summed E-state index contributed by atoms with van der Waals surface area (Å²) in [6.07, 6.45) is 0. The Labute approximate surface area is 86.4 Å². The average molecular weight is 190 g/mol. The average Bonchev–Trinajstić information content (AvgIpc) is 2.18. The topological polar surface area (TPSA) is 9.23 Å². The van der Waals surface area contributed by atoms with Crippen molar-refractivity contribution in [3.63, 3.8) is 0 Å². The van der Waals surface area contributed by atoms with Crippen molar-refractivity contribution in [2.75, 3.05) is 6.61 Å². The molecule has 0 fully saturated rings. The van der Waals surface area contributed by atoms with Crippen LogP contribution < -0.4 is 4.74 Å². The van der Waals surface area contributed by atoms with Crippen LogP contribution in [0.25, 0.3) is 5.57 Å². The minimum absolute atomic E-state index is 0.723. The van der Waals surface area contributed by atoms with Gasteiger partial charge in [0.1, 0.15) is 5.75 Å². The Morgan fingerprint density at radius 2 is 1.64 bits per heavy atom. The van der Waals surface area contributed by atoms with Gasteiger partial charge in [-0.15, -0.1) is 0 Å². The first kappa shape index (κ1) is 10.8. The molecule has 0 atom stereocenters. The quantitative estimate of drug-likeness (QED) is 0.702. The van der Waals surface area contributed by atoms with Gasteiger partial charge in [0.05, 0.1) is 6.61 Å². The highest BCUT2D eigenvalue weighted by atomic mass is 16.5. The standard InChI is InChI=1S/C13H18O/c1-5-14-13-8-6-12(7-9-13)11(4)10(2)3/h6-9H,5H2,1-4H3. The summed E-state index contributed by atoms with van der Waals surface area (Å²) >= 11 is 0. The molecule has 0 aromatic heterocycles. The molecule has 0 amide bonds. The Bertz CT molecular complexity index is 316. The van der Waals surface area contributed by atoms with Crippen molar-refractivity contribution < 1.29 is 4.74 Å². The molecular formula is C13H18O. The maximum atomic E-state index is 5.38. The van der Waals surface area contributed by atoms with Gasteiger partial charge in [0.15, 0.2) is 0 Å². The van der Waals surface area contributed by atoms with Gasteiger partial charge >= 0.3 is 0 Å². The molecule has 0 saturated carbocycles.